The van der Waals surface area contributed by atoms with E-state index in [4.69, 9.17) is 10.5 Å². The lowest BCUT2D eigenvalue weighted by molar-refractivity contribution is 0.101. The standard InChI is InChI=1S/C15H13N3O2S2/c1-20-12-5-3-2-4-9(12)11(19)8-22-15-17-13(16)10-6-7-21-14(10)18-15/h2-7H,8H2,1H3,(H2,16,17,18). The van der Waals surface area contributed by atoms with Gasteiger partial charge in [-0.3, -0.25) is 4.79 Å². The van der Waals surface area contributed by atoms with E-state index in [0.29, 0.717) is 22.3 Å². The van der Waals surface area contributed by atoms with Crippen LogP contribution in [0.4, 0.5) is 5.82 Å². The van der Waals surface area contributed by atoms with Crippen molar-refractivity contribution in [3.05, 3.63) is 41.3 Å². The van der Waals surface area contributed by atoms with E-state index in [1.807, 2.05) is 23.6 Å². The number of hydrogen-bond donors (Lipinski definition) is 1. The van der Waals surface area contributed by atoms with Crippen molar-refractivity contribution in [3.8, 4) is 5.75 Å². The predicted octanol–water partition coefficient (Wildman–Crippen LogP) is 3.26. The molecule has 112 valence electrons. The number of thioether (sulfide) groups is 1. The average Bonchev–Trinajstić information content (AvgIpc) is 3.01. The molecule has 0 fully saturated rings. The summed E-state index contributed by atoms with van der Waals surface area (Å²) >= 11 is 2.78. The van der Waals surface area contributed by atoms with Gasteiger partial charge in [-0.1, -0.05) is 23.9 Å². The number of hydrogen-bond acceptors (Lipinski definition) is 7. The third-order valence-corrected chi connectivity index (χ3v) is 4.73. The van der Waals surface area contributed by atoms with E-state index in [9.17, 15) is 4.79 Å². The summed E-state index contributed by atoms with van der Waals surface area (Å²) in [6.45, 7) is 0. The molecule has 0 aliphatic carbocycles. The second-order valence-corrected chi connectivity index (χ2v) is 6.28. The van der Waals surface area contributed by atoms with Gasteiger partial charge >= 0.3 is 0 Å². The molecular formula is C15H13N3O2S2. The molecular weight excluding hydrogens is 318 g/mol. The molecule has 22 heavy (non-hydrogen) atoms. The maximum absolute atomic E-state index is 12.3. The number of carbonyl (C=O) groups is 1. The molecule has 2 aromatic heterocycles. The van der Waals surface area contributed by atoms with Crippen LogP contribution in [0.25, 0.3) is 10.2 Å². The predicted molar refractivity (Wildman–Crippen MR) is 89.9 cm³/mol. The SMILES string of the molecule is COc1ccccc1C(=O)CSc1nc(N)c2ccsc2n1. The van der Waals surface area contributed by atoms with Gasteiger partial charge in [0.1, 0.15) is 16.4 Å². The quantitative estimate of drug-likeness (QED) is 0.439. The number of Topliss-reactive ketones (excluding diaryl/α,β-unsaturated/α-hetero) is 1. The van der Waals surface area contributed by atoms with Gasteiger partial charge in [-0.25, -0.2) is 9.97 Å². The van der Waals surface area contributed by atoms with Crippen LogP contribution < -0.4 is 10.5 Å². The van der Waals surface area contributed by atoms with Crippen LogP contribution in [0, 0.1) is 0 Å². The molecule has 2 N–H and O–H groups in total. The molecule has 0 bridgehead atoms. The van der Waals surface area contributed by atoms with Gasteiger partial charge in [-0.05, 0) is 23.6 Å². The maximum atomic E-state index is 12.3. The fraction of sp³-hybridized carbons (Fsp3) is 0.133. The van der Waals surface area contributed by atoms with E-state index in [2.05, 4.69) is 9.97 Å². The van der Waals surface area contributed by atoms with Gasteiger partial charge in [0, 0.05) is 0 Å². The second-order valence-electron chi connectivity index (χ2n) is 4.44. The number of aromatic nitrogens is 2. The zero-order valence-corrected chi connectivity index (χ0v) is 13.4. The number of ether oxygens (including phenoxy) is 1. The summed E-state index contributed by atoms with van der Waals surface area (Å²) in [6, 6.07) is 9.05. The number of anilines is 1. The topological polar surface area (TPSA) is 78.1 Å². The Morgan fingerprint density at radius 3 is 2.95 bits per heavy atom. The van der Waals surface area contributed by atoms with Crippen molar-refractivity contribution in [2.75, 3.05) is 18.6 Å². The van der Waals surface area contributed by atoms with Crippen molar-refractivity contribution >= 4 is 44.9 Å². The number of fused-ring (bicyclic) bond motifs is 1. The van der Waals surface area contributed by atoms with Gasteiger partial charge in [0.25, 0.3) is 0 Å². The lowest BCUT2D eigenvalue weighted by Crippen LogP contribution is -2.05. The van der Waals surface area contributed by atoms with Crippen LogP contribution in [0.2, 0.25) is 0 Å². The van der Waals surface area contributed by atoms with Crippen LogP contribution in [0.3, 0.4) is 0 Å². The van der Waals surface area contributed by atoms with Crippen LogP contribution in [0.1, 0.15) is 10.4 Å². The molecule has 0 atom stereocenters. The highest BCUT2D eigenvalue weighted by Gasteiger charge is 2.14. The molecule has 0 spiro atoms. The minimum atomic E-state index is -0.0316. The highest BCUT2D eigenvalue weighted by Crippen LogP contribution is 2.27. The van der Waals surface area contributed by atoms with Gasteiger partial charge in [0.15, 0.2) is 10.9 Å². The summed E-state index contributed by atoms with van der Waals surface area (Å²) in [4.78, 5) is 21.8. The second kappa shape index (κ2) is 6.33. The van der Waals surface area contributed by atoms with Crippen molar-refractivity contribution in [2.24, 2.45) is 0 Å². The van der Waals surface area contributed by atoms with E-state index in [1.165, 1.54) is 23.1 Å². The molecule has 0 saturated carbocycles. The normalized spacial score (nSPS) is 10.8. The van der Waals surface area contributed by atoms with Crippen molar-refractivity contribution in [3.63, 3.8) is 0 Å². The molecule has 0 unspecified atom stereocenters. The highest BCUT2D eigenvalue weighted by atomic mass is 32.2. The molecule has 2 heterocycles. The zero-order valence-electron chi connectivity index (χ0n) is 11.8. The molecule has 0 aliphatic rings. The minimum absolute atomic E-state index is 0.0316. The van der Waals surface area contributed by atoms with Crippen molar-refractivity contribution in [1.82, 2.24) is 9.97 Å². The maximum Gasteiger partial charge on any atom is 0.191 e. The fourth-order valence-electron chi connectivity index (χ4n) is 2.01. The summed E-state index contributed by atoms with van der Waals surface area (Å²) in [6.07, 6.45) is 0. The Bertz CT molecular complexity index is 833. The first-order valence-corrected chi connectivity index (χ1v) is 8.35. The number of para-hydroxylation sites is 1. The summed E-state index contributed by atoms with van der Waals surface area (Å²) in [5, 5.41) is 3.28. The first kappa shape index (κ1) is 14.8. The fourth-order valence-corrected chi connectivity index (χ4v) is 3.57. The molecule has 1 aromatic carbocycles. The Balaban J connectivity index is 1.77. The van der Waals surface area contributed by atoms with Crippen molar-refractivity contribution in [1.29, 1.82) is 0 Å². The highest BCUT2D eigenvalue weighted by molar-refractivity contribution is 7.99. The summed E-state index contributed by atoms with van der Waals surface area (Å²) in [5.41, 5.74) is 6.46. The van der Waals surface area contributed by atoms with E-state index >= 15 is 0 Å². The monoisotopic (exact) mass is 331 g/mol. The van der Waals surface area contributed by atoms with E-state index in [1.54, 1.807) is 19.2 Å². The van der Waals surface area contributed by atoms with Crippen LogP contribution in [0.5, 0.6) is 5.75 Å². The molecule has 0 saturated heterocycles. The summed E-state index contributed by atoms with van der Waals surface area (Å²) in [7, 11) is 1.55. The lowest BCUT2D eigenvalue weighted by atomic mass is 10.1. The summed E-state index contributed by atoms with van der Waals surface area (Å²) in [5.74, 6) is 1.22. The minimum Gasteiger partial charge on any atom is -0.496 e. The van der Waals surface area contributed by atoms with Crippen molar-refractivity contribution in [2.45, 2.75) is 5.16 Å². The van der Waals surface area contributed by atoms with E-state index in [0.717, 1.165) is 10.2 Å². The van der Waals surface area contributed by atoms with Crippen LogP contribution >= 0.6 is 23.1 Å². The third-order valence-electron chi connectivity index (χ3n) is 3.07. The number of methoxy groups -OCH3 is 1. The number of ketones is 1. The molecule has 5 nitrogen and oxygen atoms in total. The largest absolute Gasteiger partial charge is 0.496 e. The molecule has 3 aromatic rings. The van der Waals surface area contributed by atoms with Gasteiger partial charge in [-0.2, -0.15) is 0 Å². The Morgan fingerprint density at radius 2 is 2.14 bits per heavy atom. The number of nitrogens with two attached hydrogens (primary N) is 1. The Morgan fingerprint density at radius 1 is 1.32 bits per heavy atom. The van der Waals surface area contributed by atoms with Gasteiger partial charge in [-0.15, -0.1) is 11.3 Å². The Labute approximate surface area is 135 Å². The van der Waals surface area contributed by atoms with Gasteiger partial charge < -0.3 is 10.5 Å². The first-order valence-electron chi connectivity index (χ1n) is 6.49. The number of nitrogen functional groups attached to an aromatic ring is 1. The number of thiophene rings is 1. The van der Waals surface area contributed by atoms with Crippen molar-refractivity contribution < 1.29 is 9.53 Å². The zero-order chi connectivity index (χ0) is 15.5. The Hall–Kier alpha value is -2.12. The van der Waals surface area contributed by atoms with Gasteiger partial charge in [0.05, 0.1) is 23.8 Å². The average molecular weight is 331 g/mol. The first-order chi connectivity index (χ1) is 10.7. The smallest absolute Gasteiger partial charge is 0.191 e. The van der Waals surface area contributed by atoms with Crippen LogP contribution in [0.15, 0.2) is 40.9 Å². The van der Waals surface area contributed by atoms with Crippen LogP contribution in [-0.2, 0) is 0 Å². The van der Waals surface area contributed by atoms with E-state index < -0.39 is 0 Å². The Kier molecular flexibility index (Phi) is 4.26. The number of benzene rings is 1. The molecule has 7 heteroatoms. The third kappa shape index (κ3) is 2.90. The van der Waals surface area contributed by atoms with E-state index in [-0.39, 0.29) is 11.5 Å². The molecule has 0 amide bonds. The summed E-state index contributed by atoms with van der Waals surface area (Å²) < 4.78 is 5.21. The molecule has 0 aliphatic heterocycles. The number of nitrogens with zero attached hydrogens (tertiary/aromatic N) is 2. The lowest BCUT2D eigenvalue weighted by Gasteiger charge is -2.06. The number of rotatable bonds is 5. The van der Waals surface area contributed by atoms with Crippen LogP contribution in [-0.4, -0.2) is 28.6 Å². The number of carbonyl (C=O) groups excluding carboxylic acids is 1. The molecule has 0 radical (unpaired) electrons. The molecule has 3 rings (SSSR count). The van der Waals surface area contributed by atoms with Gasteiger partial charge in [0.2, 0.25) is 0 Å².